The number of carbonyl (C=O) groups excluding carboxylic acids is 2. The molecule has 15 heavy (non-hydrogen) atoms. The average molecular weight is 212 g/mol. The van der Waals surface area contributed by atoms with Crippen molar-refractivity contribution in [1.29, 1.82) is 0 Å². The Kier molecular flexibility index (Phi) is 3.72. The Morgan fingerprint density at radius 1 is 1.27 bits per heavy atom. The summed E-state index contributed by atoms with van der Waals surface area (Å²) >= 11 is 0. The molecule has 0 unspecified atom stereocenters. The summed E-state index contributed by atoms with van der Waals surface area (Å²) in [5.74, 6) is 0.0423. The molecule has 0 spiro atoms. The Bertz CT molecular complexity index is 259. The lowest BCUT2D eigenvalue weighted by atomic mass is 9.89. The van der Waals surface area contributed by atoms with E-state index < -0.39 is 5.54 Å². The molecule has 0 aromatic carbocycles. The van der Waals surface area contributed by atoms with Gasteiger partial charge in [-0.15, -0.1) is 0 Å². The minimum Gasteiger partial charge on any atom is -0.340 e. The number of rotatable bonds is 4. The molecule has 86 valence electrons. The summed E-state index contributed by atoms with van der Waals surface area (Å²) in [5.41, 5.74) is -0.648. The molecule has 1 N–H and O–H groups in total. The van der Waals surface area contributed by atoms with Crippen LogP contribution in [0.15, 0.2) is 0 Å². The number of carbonyl (C=O) groups is 2. The van der Waals surface area contributed by atoms with Crippen molar-refractivity contribution in [3.8, 4) is 0 Å². The average Bonchev–Trinajstić information content (AvgIpc) is 2.23. The zero-order chi connectivity index (χ0) is 11.5. The van der Waals surface area contributed by atoms with Crippen LogP contribution in [0.25, 0.3) is 0 Å². The molecule has 0 aliphatic carbocycles. The summed E-state index contributed by atoms with van der Waals surface area (Å²) in [6.07, 6.45) is 2.21. The monoisotopic (exact) mass is 212 g/mol. The molecule has 0 radical (unpaired) electrons. The van der Waals surface area contributed by atoms with E-state index in [1.165, 1.54) is 0 Å². The van der Waals surface area contributed by atoms with Crippen molar-refractivity contribution >= 4 is 11.8 Å². The number of nitrogens with zero attached hydrogens (tertiary/aromatic N) is 1. The first-order valence-corrected chi connectivity index (χ1v) is 5.70. The van der Waals surface area contributed by atoms with Gasteiger partial charge in [-0.3, -0.25) is 9.59 Å². The van der Waals surface area contributed by atoms with Gasteiger partial charge in [0.1, 0.15) is 5.54 Å². The quantitative estimate of drug-likeness (QED) is 0.753. The summed E-state index contributed by atoms with van der Waals surface area (Å²) in [4.78, 5) is 25.4. The fourth-order valence-electron chi connectivity index (χ4n) is 2.09. The number of nitrogens with one attached hydrogen (secondary N) is 1. The van der Waals surface area contributed by atoms with Gasteiger partial charge < -0.3 is 10.2 Å². The van der Waals surface area contributed by atoms with E-state index in [1.807, 2.05) is 20.8 Å². The summed E-state index contributed by atoms with van der Waals surface area (Å²) in [6.45, 7) is 6.79. The molecule has 1 heterocycles. The molecule has 1 fully saturated rings. The molecule has 1 saturated heterocycles. The maximum atomic E-state index is 12.2. The Labute approximate surface area is 91.0 Å². The number of amides is 2. The number of piperazine rings is 1. The van der Waals surface area contributed by atoms with Crippen molar-refractivity contribution in [2.45, 2.75) is 45.6 Å². The van der Waals surface area contributed by atoms with E-state index in [9.17, 15) is 9.59 Å². The van der Waals surface area contributed by atoms with Gasteiger partial charge in [-0.25, -0.2) is 0 Å². The standard InChI is InChI=1S/C11H20N2O2/c1-4-7-13-8-9(14)12-11(5-2,6-3)10(13)15/h4-8H2,1-3H3,(H,12,14). The third kappa shape index (κ3) is 2.13. The topological polar surface area (TPSA) is 49.4 Å². The Hall–Kier alpha value is -1.06. The highest BCUT2D eigenvalue weighted by atomic mass is 16.2. The van der Waals surface area contributed by atoms with Crippen LogP contribution in [0.1, 0.15) is 40.0 Å². The molecule has 4 heteroatoms. The lowest BCUT2D eigenvalue weighted by molar-refractivity contribution is -0.150. The van der Waals surface area contributed by atoms with Crippen LogP contribution in [0.4, 0.5) is 0 Å². The molecule has 0 saturated carbocycles. The SMILES string of the molecule is CCCN1CC(=O)NC(CC)(CC)C1=O. The minimum absolute atomic E-state index is 0.0354. The van der Waals surface area contributed by atoms with E-state index in [0.29, 0.717) is 19.4 Å². The van der Waals surface area contributed by atoms with E-state index in [1.54, 1.807) is 4.90 Å². The van der Waals surface area contributed by atoms with Crippen molar-refractivity contribution in [2.75, 3.05) is 13.1 Å². The van der Waals surface area contributed by atoms with Crippen LogP contribution in [0.3, 0.4) is 0 Å². The van der Waals surface area contributed by atoms with Crippen LogP contribution in [0.5, 0.6) is 0 Å². The van der Waals surface area contributed by atoms with Crippen molar-refractivity contribution in [3.63, 3.8) is 0 Å². The lowest BCUT2D eigenvalue weighted by Gasteiger charge is -2.41. The van der Waals surface area contributed by atoms with Crippen molar-refractivity contribution < 1.29 is 9.59 Å². The largest absolute Gasteiger partial charge is 0.340 e. The van der Waals surface area contributed by atoms with E-state index >= 15 is 0 Å². The van der Waals surface area contributed by atoms with Crippen molar-refractivity contribution in [1.82, 2.24) is 10.2 Å². The van der Waals surface area contributed by atoms with Crippen LogP contribution >= 0.6 is 0 Å². The smallest absolute Gasteiger partial charge is 0.248 e. The normalized spacial score (nSPS) is 20.3. The zero-order valence-corrected chi connectivity index (χ0v) is 9.80. The van der Waals surface area contributed by atoms with E-state index in [-0.39, 0.29) is 18.4 Å². The van der Waals surface area contributed by atoms with Gasteiger partial charge in [-0.05, 0) is 19.3 Å². The molecular weight excluding hydrogens is 192 g/mol. The summed E-state index contributed by atoms with van der Waals surface area (Å²) in [5, 5.41) is 2.84. The highest BCUT2D eigenvalue weighted by molar-refractivity contribution is 5.97. The molecular formula is C11H20N2O2. The Morgan fingerprint density at radius 2 is 1.87 bits per heavy atom. The van der Waals surface area contributed by atoms with Gasteiger partial charge in [-0.2, -0.15) is 0 Å². The number of hydrogen-bond acceptors (Lipinski definition) is 2. The molecule has 2 amide bonds. The van der Waals surface area contributed by atoms with Crippen molar-refractivity contribution in [3.05, 3.63) is 0 Å². The Morgan fingerprint density at radius 3 is 2.33 bits per heavy atom. The lowest BCUT2D eigenvalue weighted by Crippen LogP contribution is -2.66. The highest BCUT2D eigenvalue weighted by Gasteiger charge is 2.43. The summed E-state index contributed by atoms with van der Waals surface area (Å²) in [6, 6.07) is 0. The van der Waals surface area contributed by atoms with Gasteiger partial charge >= 0.3 is 0 Å². The highest BCUT2D eigenvalue weighted by Crippen LogP contribution is 2.22. The third-order valence-electron chi connectivity index (χ3n) is 3.11. The van der Waals surface area contributed by atoms with E-state index in [4.69, 9.17) is 0 Å². The molecule has 1 aliphatic rings. The molecule has 1 rings (SSSR count). The molecule has 1 aliphatic heterocycles. The first-order valence-electron chi connectivity index (χ1n) is 5.70. The van der Waals surface area contributed by atoms with E-state index in [0.717, 1.165) is 6.42 Å². The molecule has 0 aromatic rings. The summed E-state index contributed by atoms with van der Waals surface area (Å²) in [7, 11) is 0. The van der Waals surface area contributed by atoms with E-state index in [2.05, 4.69) is 5.32 Å². The first-order chi connectivity index (χ1) is 7.09. The molecule has 4 nitrogen and oxygen atoms in total. The molecule has 0 bridgehead atoms. The van der Waals surface area contributed by atoms with Gasteiger partial charge in [-0.1, -0.05) is 20.8 Å². The third-order valence-corrected chi connectivity index (χ3v) is 3.11. The number of hydrogen-bond donors (Lipinski definition) is 1. The molecule has 0 atom stereocenters. The predicted octanol–water partition coefficient (Wildman–Crippen LogP) is 0.914. The van der Waals surface area contributed by atoms with Gasteiger partial charge in [0.05, 0.1) is 6.54 Å². The fourth-order valence-corrected chi connectivity index (χ4v) is 2.09. The van der Waals surface area contributed by atoms with Gasteiger partial charge in [0.2, 0.25) is 11.8 Å². The summed E-state index contributed by atoms with van der Waals surface area (Å²) < 4.78 is 0. The van der Waals surface area contributed by atoms with Crippen LogP contribution in [-0.2, 0) is 9.59 Å². The molecule has 0 aromatic heterocycles. The van der Waals surface area contributed by atoms with Crippen LogP contribution in [0.2, 0.25) is 0 Å². The van der Waals surface area contributed by atoms with Crippen LogP contribution < -0.4 is 5.32 Å². The zero-order valence-electron chi connectivity index (χ0n) is 9.80. The Balaban J connectivity index is 2.89. The fraction of sp³-hybridized carbons (Fsp3) is 0.818. The van der Waals surface area contributed by atoms with Gasteiger partial charge in [0.25, 0.3) is 0 Å². The second-order valence-corrected chi connectivity index (χ2v) is 4.06. The van der Waals surface area contributed by atoms with Gasteiger partial charge in [0.15, 0.2) is 0 Å². The predicted molar refractivity (Wildman–Crippen MR) is 58.3 cm³/mol. The second kappa shape index (κ2) is 4.64. The maximum Gasteiger partial charge on any atom is 0.248 e. The van der Waals surface area contributed by atoms with Gasteiger partial charge in [0, 0.05) is 6.54 Å². The first kappa shape index (κ1) is 12.0. The van der Waals surface area contributed by atoms with Crippen LogP contribution in [0, 0.1) is 0 Å². The van der Waals surface area contributed by atoms with Crippen molar-refractivity contribution in [2.24, 2.45) is 0 Å². The second-order valence-electron chi connectivity index (χ2n) is 4.06. The maximum absolute atomic E-state index is 12.2. The minimum atomic E-state index is -0.648. The van der Waals surface area contributed by atoms with Crippen LogP contribution in [-0.4, -0.2) is 35.3 Å².